The molecule has 17 heavy (non-hydrogen) atoms. The first-order valence-corrected chi connectivity index (χ1v) is 5.53. The maximum atomic E-state index is 11.5. The number of hydrogen-bond acceptors (Lipinski definition) is 3. The van der Waals surface area contributed by atoms with Gasteiger partial charge in [0.05, 0.1) is 0 Å². The Balaban J connectivity index is 4.12. The van der Waals surface area contributed by atoms with Gasteiger partial charge in [0.1, 0.15) is 0 Å². The second kappa shape index (κ2) is 7.66. The van der Waals surface area contributed by atoms with Crippen LogP contribution in [0.15, 0.2) is 0 Å². The average Bonchev–Trinajstić information content (AvgIpc) is 2.24. The second-order valence-corrected chi connectivity index (χ2v) is 4.16. The van der Waals surface area contributed by atoms with Gasteiger partial charge in [-0.25, -0.2) is 4.79 Å². The molecule has 7 nitrogen and oxygen atoms in total. The Kier molecular flexibility index (Phi) is 6.95. The highest BCUT2D eigenvalue weighted by Crippen LogP contribution is 2.05. The predicted molar refractivity (Wildman–Crippen MR) is 67.3 cm³/mol. The molecule has 0 saturated heterocycles. The first-order chi connectivity index (χ1) is 7.86. The zero-order valence-corrected chi connectivity index (χ0v) is 10.9. The number of nitrogens with one attached hydrogen (secondary N) is 4. The van der Waals surface area contributed by atoms with E-state index < -0.39 is 12.1 Å². The smallest absolute Gasteiger partial charge is 0.404 e. The fraction of sp³-hybridized carbons (Fsp3) is 0.667. The summed E-state index contributed by atoms with van der Waals surface area (Å²) in [5.74, 6) is -0.317. The molecule has 0 aromatic rings. The molecule has 0 rings (SSSR count). The van der Waals surface area contributed by atoms with Crippen LogP contribution >= 0.6 is 12.2 Å². The Bertz CT molecular complexity index is 296. The van der Waals surface area contributed by atoms with E-state index in [9.17, 15) is 9.59 Å². The summed E-state index contributed by atoms with van der Waals surface area (Å²) >= 11 is 4.76. The SMILES string of the molecule is CNC(=S)NNC(=O)CC(NC(=O)O)C(C)C. The summed E-state index contributed by atoms with van der Waals surface area (Å²) < 4.78 is 0. The van der Waals surface area contributed by atoms with Crippen LogP contribution in [0, 0.1) is 5.92 Å². The third kappa shape index (κ3) is 7.34. The van der Waals surface area contributed by atoms with Crippen LogP contribution in [-0.4, -0.2) is 35.3 Å². The number of carboxylic acid groups (broad SMARTS) is 1. The van der Waals surface area contributed by atoms with Crippen LogP contribution in [0.3, 0.4) is 0 Å². The molecule has 0 aromatic carbocycles. The Morgan fingerprint density at radius 1 is 1.29 bits per heavy atom. The molecule has 0 bridgehead atoms. The highest BCUT2D eigenvalue weighted by atomic mass is 32.1. The van der Waals surface area contributed by atoms with Gasteiger partial charge in [-0.05, 0) is 18.1 Å². The normalized spacial score (nSPS) is 11.5. The van der Waals surface area contributed by atoms with Gasteiger partial charge in [0.2, 0.25) is 5.91 Å². The molecule has 1 unspecified atom stereocenters. The third-order valence-corrected chi connectivity index (χ3v) is 2.37. The molecule has 5 N–H and O–H groups in total. The van der Waals surface area contributed by atoms with Crippen molar-refractivity contribution in [3.05, 3.63) is 0 Å². The van der Waals surface area contributed by atoms with Crippen molar-refractivity contribution in [1.29, 1.82) is 0 Å². The van der Waals surface area contributed by atoms with E-state index in [-0.39, 0.29) is 23.4 Å². The summed E-state index contributed by atoms with van der Waals surface area (Å²) in [6.45, 7) is 3.67. The number of rotatable bonds is 4. The van der Waals surface area contributed by atoms with Gasteiger partial charge in [-0.2, -0.15) is 0 Å². The first-order valence-electron chi connectivity index (χ1n) is 5.12. The molecule has 0 radical (unpaired) electrons. The van der Waals surface area contributed by atoms with Crippen molar-refractivity contribution in [2.45, 2.75) is 26.3 Å². The lowest BCUT2D eigenvalue weighted by Crippen LogP contribution is -2.48. The molecule has 2 amide bonds. The van der Waals surface area contributed by atoms with Crippen LogP contribution in [0.2, 0.25) is 0 Å². The predicted octanol–water partition coefficient (Wildman–Crippen LogP) is -0.206. The minimum Gasteiger partial charge on any atom is -0.465 e. The number of carbonyl (C=O) groups is 2. The van der Waals surface area contributed by atoms with Gasteiger partial charge in [0, 0.05) is 19.5 Å². The van der Waals surface area contributed by atoms with E-state index in [0.29, 0.717) is 0 Å². The average molecular weight is 262 g/mol. The van der Waals surface area contributed by atoms with E-state index in [1.807, 2.05) is 13.8 Å². The molecule has 0 aliphatic rings. The fourth-order valence-electron chi connectivity index (χ4n) is 1.05. The minimum atomic E-state index is -1.14. The Hall–Kier alpha value is -1.57. The van der Waals surface area contributed by atoms with Crippen molar-refractivity contribution in [2.24, 2.45) is 5.92 Å². The Labute approximate surface area is 105 Å². The Morgan fingerprint density at radius 3 is 2.29 bits per heavy atom. The van der Waals surface area contributed by atoms with Crippen molar-refractivity contribution in [3.8, 4) is 0 Å². The molecule has 0 spiro atoms. The van der Waals surface area contributed by atoms with Gasteiger partial charge in [-0.1, -0.05) is 13.8 Å². The number of thiocarbonyl (C=S) groups is 1. The van der Waals surface area contributed by atoms with Gasteiger partial charge < -0.3 is 15.7 Å². The molecule has 0 aliphatic heterocycles. The summed E-state index contributed by atoms with van der Waals surface area (Å²) in [6.07, 6.45) is -1.10. The molecule has 0 aromatic heterocycles. The summed E-state index contributed by atoms with van der Waals surface area (Å²) in [4.78, 5) is 22.0. The van der Waals surface area contributed by atoms with Crippen LogP contribution in [0.5, 0.6) is 0 Å². The minimum absolute atomic E-state index is 0.0214. The van der Waals surface area contributed by atoms with Gasteiger partial charge >= 0.3 is 6.09 Å². The lowest BCUT2D eigenvalue weighted by atomic mass is 10.0. The Morgan fingerprint density at radius 2 is 1.88 bits per heavy atom. The molecule has 8 heteroatoms. The third-order valence-electron chi connectivity index (χ3n) is 2.06. The number of amides is 2. The first kappa shape index (κ1) is 15.4. The van der Waals surface area contributed by atoms with Crippen LogP contribution < -0.4 is 21.5 Å². The van der Waals surface area contributed by atoms with Crippen molar-refractivity contribution in [2.75, 3.05) is 7.05 Å². The summed E-state index contributed by atoms with van der Waals surface area (Å²) in [7, 11) is 1.62. The van der Waals surface area contributed by atoms with Gasteiger partial charge in [0.25, 0.3) is 0 Å². The number of carbonyl (C=O) groups excluding carboxylic acids is 1. The van der Waals surface area contributed by atoms with Gasteiger partial charge in [-0.3, -0.25) is 15.6 Å². The van der Waals surface area contributed by atoms with Crippen molar-refractivity contribution >= 4 is 29.3 Å². The molecule has 0 fully saturated rings. The number of hydrazine groups is 1. The maximum Gasteiger partial charge on any atom is 0.404 e. The topological polar surface area (TPSA) is 102 Å². The summed E-state index contributed by atoms with van der Waals surface area (Å²) in [6, 6.07) is -0.433. The monoisotopic (exact) mass is 262 g/mol. The van der Waals surface area contributed by atoms with E-state index in [1.54, 1.807) is 7.05 Å². The molecular weight excluding hydrogens is 244 g/mol. The van der Waals surface area contributed by atoms with E-state index >= 15 is 0 Å². The van der Waals surface area contributed by atoms with E-state index in [2.05, 4.69) is 21.5 Å². The standard InChI is InChI=1S/C9H18N4O3S/c1-5(2)6(11-9(15)16)4-7(14)12-13-8(17)10-3/h5-6,11H,4H2,1-3H3,(H,12,14)(H,15,16)(H2,10,13,17). The molecule has 98 valence electrons. The zero-order chi connectivity index (χ0) is 13.4. The van der Waals surface area contributed by atoms with Crippen LogP contribution in [0.1, 0.15) is 20.3 Å². The quantitative estimate of drug-likeness (QED) is 0.355. The van der Waals surface area contributed by atoms with Gasteiger partial charge in [0.15, 0.2) is 5.11 Å². The highest BCUT2D eigenvalue weighted by Gasteiger charge is 2.19. The van der Waals surface area contributed by atoms with Crippen molar-refractivity contribution in [3.63, 3.8) is 0 Å². The van der Waals surface area contributed by atoms with Crippen molar-refractivity contribution < 1.29 is 14.7 Å². The van der Waals surface area contributed by atoms with Gasteiger partial charge in [-0.15, -0.1) is 0 Å². The van der Waals surface area contributed by atoms with E-state index in [1.165, 1.54) is 0 Å². The fourth-order valence-corrected chi connectivity index (χ4v) is 1.10. The molecule has 0 saturated carbocycles. The maximum absolute atomic E-state index is 11.5. The lowest BCUT2D eigenvalue weighted by Gasteiger charge is -2.20. The van der Waals surface area contributed by atoms with Crippen LogP contribution in [0.25, 0.3) is 0 Å². The number of hydrogen-bond donors (Lipinski definition) is 5. The summed E-state index contributed by atoms with van der Waals surface area (Å²) in [5, 5.41) is 13.8. The zero-order valence-electron chi connectivity index (χ0n) is 10.0. The van der Waals surface area contributed by atoms with Crippen LogP contribution in [-0.2, 0) is 4.79 Å². The molecular formula is C9H18N4O3S. The van der Waals surface area contributed by atoms with Crippen molar-refractivity contribution in [1.82, 2.24) is 21.5 Å². The van der Waals surface area contributed by atoms with E-state index in [0.717, 1.165) is 0 Å². The van der Waals surface area contributed by atoms with E-state index in [4.69, 9.17) is 17.3 Å². The largest absolute Gasteiger partial charge is 0.465 e. The van der Waals surface area contributed by atoms with Crippen LogP contribution in [0.4, 0.5) is 4.79 Å². The second-order valence-electron chi connectivity index (χ2n) is 3.76. The molecule has 0 aliphatic carbocycles. The highest BCUT2D eigenvalue weighted by molar-refractivity contribution is 7.80. The lowest BCUT2D eigenvalue weighted by molar-refractivity contribution is -0.122. The molecule has 0 heterocycles. The summed E-state index contributed by atoms with van der Waals surface area (Å²) in [5.41, 5.74) is 4.84. The molecule has 1 atom stereocenters.